The Morgan fingerprint density at radius 3 is 2.46 bits per heavy atom. The standard InChI is InChI=1S/C35H34F6N6O5/c1-50-29-23(37)7-4-17-10-21(48)11-22(24(17)29)27-26(38)28-25(31(42-27)51-2)30(45-14-19-5-6-20(15-45)47(19)32(49)35(39,40)41)44-33(43-28)52-16-34-8-3-9-46(34)13-18(36)12-34/h4,7,10-11,18-20,48H,3,5-6,8-9,12-16H2,1-2H3/t18?,19?,20?,34-/m0/s1. The van der Waals surface area contributed by atoms with Gasteiger partial charge in [0.2, 0.25) is 5.88 Å². The van der Waals surface area contributed by atoms with E-state index >= 15 is 4.39 Å². The van der Waals surface area contributed by atoms with E-state index in [1.165, 1.54) is 32.4 Å². The van der Waals surface area contributed by atoms with E-state index in [2.05, 4.69) is 15.0 Å². The Labute approximate surface area is 293 Å². The third kappa shape index (κ3) is 5.46. The number of nitrogens with zero attached hydrogens (tertiary/aromatic N) is 6. The zero-order chi connectivity index (χ0) is 36.7. The molecule has 0 spiro atoms. The highest BCUT2D eigenvalue weighted by Gasteiger charge is 2.53. The Kier molecular flexibility index (Phi) is 8.19. The molecule has 52 heavy (non-hydrogen) atoms. The number of halogens is 6. The molecule has 8 rings (SSSR count). The number of hydrogen-bond donors (Lipinski definition) is 1. The maximum atomic E-state index is 17.1. The lowest BCUT2D eigenvalue weighted by Gasteiger charge is -2.42. The lowest BCUT2D eigenvalue weighted by molar-refractivity contribution is -0.188. The molecule has 3 unspecified atom stereocenters. The number of pyridine rings is 1. The fraction of sp³-hybridized carbons (Fsp3) is 0.486. The number of phenolic OH excluding ortho intramolecular Hbond substituents is 1. The molecule has 0 aliphatic carbocycles. The number of benzene rings is 2. The fourth-order valence-electron chi connectivity index (χ4n) is 8.70. The van der Waals surface area contributed by atoms with Crippen LogP contribution in [0.2, 0.25) is 0 Å². The first-order chi connectivity index (χ1) is 24.8. The Morgan fingerprint density at radius 2 is 1.77 bits per heavy atom. The van der Waals surface area contributed by atoms with Gasteiger partial charge in [0.25, 0.3) is 0 Å². The summed E-state index contributed by atoms with van der Waals surface area (Å²) in [4.78, 5) is 30.5. The Morgan fingerprint density at radius 1 is 1.02 bits per heavy atom. The molecule has 276 valence electrons. The van der Waals surface area contributed by atoms with Crippen LogP contribution in [0.5, 0.6) is 23.4 Å². The van der Waals surface area contributed by atoms with Gasteiger partial charge >= 0.3 is 18.1 Å². The molecule has 4 aliphatic rings. The summed E-state index contributed by atoms with van der Waals surface area (Å²) < 4.78 is 105. The number of rotatable bonds is 7. The van der Waals surface area contributed by atoms with E-state index in [0.29, 0.717) is 31.2 Å². The second-order valence-corrected chi connectivity index (χ2v) is 13.9. The van der Waals surface area contributed by atoms with Gasteiger partial charge in [0.1, 0.15) is 40.9 Å². The lowest BCUT2D eigenvalue weighted by atomic mass is 9.95. The Balaban J connectivity index is 1.29. The molecule has 4 saturated heterocycles. The van der Waals surface area contributed by atoms with Crippen LogP contribution in [0.15, 0.2) is 24.3 Å². The summed E-state index contributed by atoms with van der Waals surface area (Å²) in [6.07, 6.45) is -3.71. The molecule has 2 bridgehead atoms. The number of aromatic hydroxyl groups is 1. The highest BCUT2D eigenvalue weighted by Crippen LogP contribution is 2.46. The second-order valence-electron chi connectivity index (χ2n) is 13.9. The molecule has 11 nitrogen and oxygen atoms in total. The Bertz CT molecular complexity index is 2090. The van der Waals surface area contributed by atoms with Crippen molar-refractivity contribution < 1.29 is 50.5 Å². The molecular weight excluding hydrogens is 698 g/mol. The van der Waals surface area contributed by atoms with E-state index in [1.54, 1.807) is 4.90 Å². The number of ether oxygens (including phenoxy) is 3. The second kappa shape index (κ2) is 12.4. The number of aromatic nitrogens is 3. The average Bonchev–Trinajstić information content (AvgIpc) is 3.72. The number of carbonyl (C=O) groups excluding carboxylic acids is 1. The molecule has 4 aromatic rings. The van der Waals surface area contributed by atoms with Gasteiger partial charge in [0, 0.05) is 37.0 Å². The molecule has 0 radical (unpaired) electrons. The first-order valence-corrected chi connectivity index (χ1v) is 16.9. The number of alkyl halides is 4. The predicted octanol–water partition coefficient (Wildman–Crippen LogP) is 5.54. The van der Waals surface area contributed by atoms with E-state index in [-0.39, 0.29) is 89.4 Å². The third-order valence-corrected chi connectivity index (χ3v) is 10.9. The van der Waals surface area contributed by atoms with E-state index < -0.39 is 47.5 Å². The van der Waals surface area contributed by atoms with Crippen molar-refractivity contribution in [3.05, 3.63) is 35.9 Å². The van der Waals surface area contributed by atoms with Crippen molar-refractivity contribution in [1.29, 1.82) is 0 Å². The van der Waals surface area contributed by atoms with Crippen molar-refractivity contribution in [2.24, 2.45) is 0 Å². The summed E-state index contributed by atoms with van der Waals surface area (Å²) in [7, 11) is 2.53. The number of phenols is 1. The van der Waals surface area contributed by atoms with E-state index in [9.17, 15) is 31.9 Å². The monoisotopic (exact) mass is 732 g/mol. The zero-order valence-corrected chi connectivity index (χ0v) is 28.1. The fourth-order valence-corrected chi connectivity index (χ4v) is 8.70. The van der Waals surface area contributed by atoms with Gasteiger partial charge < -0.3 is 29.1 Å². The highest BCUT2D eigenvalue weighted by atomic mass is 19.4. The van der Waals surface area contributed by atoms with Crippen molar-refractivity contribution >= 4 is 33.4 Å². The van der Waals surface area contributed by atoms with Crippen LogP contribution in [0.1, 0.15) is 32.1 Å². The minimum absolute atomic E-state index is 0.00183. The highest BCUT2D eigenvalue weighted by molar-refractivity contribution is 6.04. The van der Waals surface area contributed by atoms with Crippen LogP contribution in [0.25, 0.3) is 32.9 Å². The van der Waals surface area contributed by atoms with Crippen LogP contribution in [-0.2, 0) is 4.79 Å². The van der Waals surface area contributed by atoms with Crippen LogP contribution in [0.4, 0.5) is 32.2 Å². The molecule has 2 aromatic heterocycles. The quantitative estimate of drug-likeness (QED) is 0.243. The molecular formula is C35H34F6N6O5. The van der Waals surface area contributed by atoms with Crippen molar-refractivity contribution in [2.45, 2.75) is 62.1 Å². The maximum Gasteiger partial charge on any atom is 0.471 e. The Hall–Kier alpha value is -4.80. The number of anilines is 1. The van der Waals surface area contributed by atoms with E-state index in [4.69, 9.17) is 14.2 Å². The maximum absolute atomic E-state index is 17.1. The first-order valence-electron chi connectivity index (χ1n) is 16.9. The van der Waals surface area contributed by atoms with Gasteiger partial charge in [-0.15, -0.1) is 0 Å². The van der Waals surface area contributed by atoms with Gasteiger partial charge in [-0.1, -0.05) is 6.07 Å². The van der Waals surface area contributed by atoms with Crippen LogP contribution < -0.4 is 19.1 Å². The largest absolute Gasteiger partial charge is 0.508 e. The van der Waals surface area contributed by atoms with Crippen molar-refractivity contribution in [2.75, 3.05) is 51.9 Å². The van der Waals surface area contributed by atoms with E-state index in [0.717, 1.165) is 17.4 Å². The number of carbonyl (C=O) groups is 1. The average molecular weight is 733 g/mol. The number of hydrogen-bond acceptors (Lipinski definition) is 10. The summed E-state index contributed by atoms with van der Waals surface area (Å²) in [6.45, 7) is 0.832. The molecule has 4 fully saturated rings. The van der Waals surface area contributed by atoms with Crippen LogP contribution in [0, 0.1) is 11.6 Å². The summed E-state index contributed by atoms with van der Waals surface area (Å²) in [5, 5.41) is 11.1. The molecule has 17 heteroatoms. The van der Waals surface area contributed by atoms with E-state index in [1.807, 2.05) is 4.90 Å². The smallest absolute Gasteiger partial charge is 0.471 e. The first kappa shape index (κ1) is 34.3. The number of piperazine rings is 1. The summed E-state index contributed by atoms with van der Waals surface area (Å²) >= 11 is 0. The van der Waals surface area contributed by atoms with Crippen LogP contribution in [-0.4, -0.2) is 113 Å². The zero-order valence-electron chi connectivity index (χ0n) is 28.1. The molecule has 4 aliphatic heterocycles. The van der Waals surface area contributed by atoms with Crippen LogP contribution in [0.3, 0.4) is 0 Å². The lowest BCUT2D eigenvalue weighted by Crippen LogP contribution is -2.59. The van der Waals surface area contributed by atoms with Crippen molar-refractivity contribution in [3.63, 3.8) is 0 Å². The predicted molar refractivity (Wildman–Crippen MR) is 175 cm³/mol. The SMILES string of the molecule is COc1c(F)ccc2cc(O)cc(-c3nc(OC)c4c(N5CC6CCC(C5)N6C(=O)C(F)(F)F)nc(OC[C@@]56CCCN5CC(F)C6)nc4c3F)c12. The molecule has 1 N–H and O–H groups in total. The van der Waals surface area contributed by atoms with Crippen LogP contribution >= 0.6 is 0 Å². The van der Waals surface area contributed by atoms with Gasteiger partial charge in [-0.3, -0.25) is 9.69 Å². The summed E-state index contributed by atoms with van der Waals surface area (Å²) in [6, 6.07) is 3.22. The summed E-state index contributed by atoms with van der Waals surface area (Å²) in [5.41, 5.74) is -1.35. The van der Waals surface area contributed by atoms with Gasteiger partial charge in [-0.05, 0) is 55.8 Å². The third-order valence-electron chi connectivity index (χ3n) is 10.9. The normalized spacial score (nSPS) is 24.6. The van der Waals surface area contributed by atoms with Gasteiger partial charge in [-0.2, -0.15) is 23.1 Å². The molecule has 4 atom stereocenters. The number of amides is 1. The molecule has 6 heterocycles. The minimum Gasteiger partial charge on any atom is -0.508 e. The molecule has 0 saturated carbocycles. The molecule has 1 amide bonds. The topological polar surface area (TPSA) is 113 Å². The molecule has 2 aromatic carbocycles. The number of methoxy groups -OCH3 is 2. The number of fused-ring (bicyclic) bond motifs is 5. The van der Waals surface area contributed by atoms with Gasteiger partial charge in [0.05, 0.1) is 31.8 Å². The minimum atomic E-state index is -5.05. The van der Waals surface area contributed by atoms with Gasteiger partial charge in [-0.25, -0.2) is 18.2 Å². The van der Waals surface area contributed by atoms with Crippen molar-refractivity contribution in [1.82, 2.24) is 24.8 Å². The van der Waals surface area contributed by atoms with Gasteiger partial charge in [0.15, 0.2) is 17.4 Å². The van der Waals surface area contributed by atoms with Crippen molar-refractivity contribution in [3.8, 4) is 34.6 Å². The summed E-state index contributed by atoms with van der Waals surface area (Å²) in [5.74, 6) is -4.26.